The lowest BCUT2D eigenvalue weighted by Gasteiger charge is -2.14. The molecule has 0 aliphatic carbocycles. The maximum absolute atomic E-state index is 13.4. The molecule has 0 atom stereocenters. The second kappa shape index (κ2) is 8.30. The molecule has 5 rings (SSSR count). The third-order valence-corrected chi connectivity index (χ3v) is 6.84. The predicted octanol–water partition coefficient (Wildman–Crippen LogP) is 6.51. The molecule has 0 N–H and O–H groups in total. The van der Waals surface area contributed by atoms with Gasteiger partial charge in [0, 0.05) is 15.5 Å². The molecule has 7 heteroatoms. The number of benzene rings is 3. The van der Waals surface area contributed by atoms with Crippen LogP contribution in [-0.2, 0) is 4.79 Å². The van der Waals surface area contributed by atoms with E-state index >= 15 is 0 Å². The summed E-state index contributed by atoms with van der Waals surface area (Å²) in [6.07, 6.45) is 3.85. The summed E-state index contributed by atoms with van der Waals surface area (Å²) in [5.41, 5.74) is 2.93. The van der Waals surface area contributed by atoms with Crippen LogP contribution < -0.4 is 4.90 Å². The Labute approximate surface area is 192 Å². The molecule has 31 heavy (non-hydrogen) atoms. The Bertz CT molecular complexity index is 1340. The van der Waals surface area contributed by atoms with Gasteiger partial charge in [-0.05, 0) is 48.2 Å². The molecule has 0 fully saturated rings. The summed E-state index contributed by atoms with van der Waals surface area (Å²) in [5, 5.41) is 1.19. The molecule has 1 aromatic heterocycles. The number of thioether (sulfide) groups is 1. The van der Waals surface area contributed by atoms with Gasteiger partial charge < -0.3 is 0 Å². The minimum absolute atomic E-state index is 0.196. The van der Waals surface area contributed by atoms with Crippen LogP contribution in [0.15, 0.2) is 88.4 Å². The van der Waals surface area contributed by atoms with Crippen molar-refractivity contribution in [3.63, 3.8) is 0 Å². The zero-order valence-corrected chi connectivity index (χ0v) is 18.8. The van der Waals surface area contributed by atoms with Crippen LogP contribution in [0.4, 0.5) is 5.13 Å². The van der Waals surface area contributed by atoms with E-state index in [1.807, 2.05) is 79.1 Å². The molecule has 0 radical (unpaired) electrons. The summed E-state index contributed by atoms with van der Waals surface area (Å²) in [6, 6.07) is 23.3. The number of nitrogens with zero attached hydrogens (tertiary/aromatic N) is 3. The number of aliphatic imine (C=N–C) groups is 1. The molecule has 4 nitrogen and oxygen atoms in total. The zero-order valence-electron chi connectivity index (χ0n) is 16.4. The maximum atomic E-state index is 13.4. The standard InChI is InChI=1S/C24H16ClN3OS2/c1-30-18-10-7-15(8-11-18)13-20-23(29)28(22(26-20)16-5-3-2-4-6-16)24-27-19-14-17(25)9-12-21(19)31-24/h2-14H,1H3. The number of hydrogen-bond donors (Lipinski definition) is 0. The Morgan fingerprint density at radius 2 is 1.81 bits per heavy atom. The van der Waals surface area contributed by atoms with Crippen LogP contribution in [0.2, 0.25) is 5.02 Å². The van der Waals surface area contributed by atoms with Gasteiger partial charge in [0.05, 0.1) is 10.2 Å². The number of carbonyl (C=O) groups is 1. The van der Waals surface area contributed by atoms with Crippen LogP contribution in [0.1, 0.15) is 11.1 Å². The number of carbonyl (C=O) groups excluding carboxylic acids is 1. The molecule has 1 amide bonds. The Kier molecular flexibility index (Phi) is 5.36. The minimum atomic E-state index is -0.196. The Morgan fingerprint density at radius 1 is 1.03 bits per heavy atom. The molecule has 4 aromatic rings. The summed E-state index contributed by atoms with van der Waals surface area (Å²) >= 11 is 9.25. The molecular formula is C24H16ClN3OS2. The van der Waals surface area contributed by atoms with Crippen LogP contribution >= 0.6 is 34.7 Å². The van der Waals surface area contributed by atoms with Crippen molar-refractivity contribution in [3.05, 3.63) is 94.6 Å². The number of fused-ring (bicyclic) bond motifs is 1. The van der Waals surface area contributed by atoms with Crippen molar-refractivity contribution in [1.82, 2.24) is 4.98 Å². The largest absolute Gasteiger partial charge is 0.284 e. The highest BCUT2D eigenvalue weighted by Crippen LogP contribution is 2.35. The second-order valence-electron chi connectivity index (χ2n) is 6.85. The van der Waals surface area contributed by atoms with Gasteiger partial charge in [-0.2, -0.15) is 0 Å². The molecule has 152 valence electrons. The molecule has 0 saturated heterocycles. The fourth-order valence-electron chi connectivity index (χ4n) is 3.32. The number of aromatic nitrogens is 1. The normalized spacial score (nSPS) is 15.2. The lowest BCUT2D eigenvalue weighted by molar-refractivity contribution is -0.113. The highest BCUT2D eigenvalue weighted by molar-refractivity contribution is 7.98. The number of amides is 1. The van der Waals surface area contributed by atoms with Crippen LogP contribution in [0.3, 0.4) is 0 Å². The van der Waals surface area contributed by atoms with Gasteiger partial charge in [-0.1, -0.05) is 65.4 Å². The number of hydrogen-bond acceptors (Lipinski definition) is 5. The maximum Gasteiger partial charge on any atom is 0.284 e. The SMILES string of the molecule is CSc1ccc(C=C2N=C(c3ccccc3)N(c3nc4cc(Cl)ccc4s3)C2=O)cc1. The van der Waals surface area contributed by atoms with E-state index in [0.717, 1.165) is 21.3 Å². The number of thiazole rings is 1. The van der Waals surface area contributed by atoms with Gasteiger partial charge in [0.1, 0.15) is 11.5 Å². The van der Waals surface area contributed by atoms with Gasteiger partial charge in [0.15, 0.2) is 5.13 Å². The summed E-state index contributed by atoms with van der Waals surface area (Å²) in [6.45, 7) is 0. The number of anilines is 1. The van der Waals surface area contributed by atoms with Crippen LogP contribution in [0, 0.1) is 0 Å². The predicted molar refractivity (Wildman–Crippen MR) is 131 cm³/mol. The summed E-state index contributed by atoms with van der Waals surface area (Å²) in [4.78, 5) is 25.6. The summed E-state index contributed by atoms with van der Waals surface area (Å²) in [5.74, 6) is 0.376. The molecule has 2 heterocycles. The minimum Gasteiger partial charge on any atom is -0.266 e. The van der Waals surface area contributed by atoms with Gasteiger partial charge >= 0.3 is 0 Å². The average Bonchev–Trinajstić information content (AvgIpc) is 3.35. The van der Waals surface area contributed by atoms with Gasteiger partial charge in [-0.15, -0.1) is 11.8 Å². The monoisotopic (exact) mass is 461 g/mol. The van der Waals surface area contributed by atoms with E-state index in [1.54, 1.807) is 22.7 Å². The molecule has 0 unspecified atom stereocenters. The summed E-state index contributed by atoms with van der Waals surface area (Å²) < 4.78 is 0.963. The third-order valence-electron chi connectivity index (χ3n) is 4.84. The second-order valence-corrected chi connectivity index (χ2v) is 9.18. The van der Waals surface area contributed by atoms with E-state index in [9.17, 15) is 4.79 Å². The van der Waals surface area contributed by atoms with Gasteiger partial charge in [0.2, 0.25) is 0 Å². The van der Waals surface area contributed by atoms with E-state index in [2.05, 4.69) is 4.98 Å². The van der Waals surface area contributed by atoms with Crippen molar-refractivity contribution in [1.29, 1.82) is 0 Å². The van der Waals surface area contributed by atoms with E-state index in [4.69, 9.17) is 16.6 Å². The topological polar surface area (TPSA) is 45.6 Å². The average molecular weight is 462 g/mol. The Balaban J connectivity index is 1.61. The molecule has 0 spiro atoms. The van der Waals surface area contributed by atoms with E-state index in [1.165, 1.54) is 16.2 Å². The van der Waals surface area contributed by atoms with Gasteiger partial charge in [0.25, 0.3) is 5.91 Å². The first kappa shape index (κ1) is 20.0. The first-order valence-electron chi connectivity index (χ1n) is 9.53. The van der Waals surface area contributed by atoms with Crippen molar-refractivity contribution < 1.29 is 4.79 Å². The van der Waals surface area contributed by atoms with Gasteiger partial charge in [-0.25, -0.2) is 14.9 Å². The molecule has 1 aliphatic rings. The number of rotatable bonds is 4. The van der Waals surface area contributed by atoms with E-state index in [0.29, 0.717) is 21.7 Å². The third kappa shape index (κ3) is 3.90. The van der Waals surface area contributed by atoms with Crippen molar-refractivity contribution in [3.8, 4) is 0 Å². The van der Waals surface area contributed by atoms with E-state index < -0.39 is 0 Å². The van der Waals surface area contributed by atoms with Crippen molar-refractivity contribution in [2.45, 2.75) is 4.90 Å². The summed E-state index contributed by atoms with van der Waals surface area (Å²) in [7, 11) is 0. The Morgan fingerprint density at radius 3 is 2.55 bits per heavy atom. The lowest BCUT2D eigenvalue weighted by atomic mass is 10.2. The van der Waals surface area contributed by atoms with Crippen LogP contribution in [0.25, 0.3) is 16.3 Å². The first-order valence-corrected chi connectivity index (χ1v) is 11.9. The molecule has 0 saturated carbocycles. The molecule has 1 aliphatic heterocycles. The van der Waals surface area contributed by atoms with Gasteiger partial charge in [-0.3, -0.25) is 4.79 Å². The van der Waals surface area contributed by atoms with Crippen LogP contribution in [-0.4, -0.2) is 23.0 Å². The highest BCUT2D eigenvalue weighted by atomic mass is 35.5. The smallest absolute Gasteiger partial charge is 0.266 e. The van der Waals surface area contributed by atoms with Crippen molar-refractivity contribution in [2.24, 2.45) is 4.99 Å². The number of amidine groups is 1. The zero-order chi connectivity index (χ0) is 21.4. The number of halogens is 1. The highest BCUT2D eigenvalue weighted by Gasteiger charge is 2.34. The molecular weight excluding hydrogens is 446 g/mol. The first-order chi connectivity index (χ1) is 15.1. The Hall–Kier alpha value is -2.93. The molecule has 3 aromatic carbocycles. The molecule has 0 bridgehead atoms. The van der Waals surface area contributed by atoms with Crippen molar-refractivity contribution >= 4 is 67.9 Å². The van der Waals surface area contributed by atoms with Crippen LogP contribution in [0.5, 0.6) is 0 Å². The lowest BCUT2D eigenvalue weighted by Crippen LogP contribution is -2.32. The van der Waals surface area contributed by atoms with Crippen molar-refractivity contribution in [2.75, 3.05) is 11.2 Å². The quantitative estimate of drug-likeness (QED) is 0.257. The van der Waals surface area contributed by atoms with E-state index in [-0.39, 0.29) is 5.91 Å². The fraction of sp³-hybridized carbons (Fsp3) is 0.0417. The fourth-order valence-corrected chi connectivity index (χ4v) is 4.84.